The van der Waals surface area contributed by atoms with Crippen LogP contribution in [0, 0.1) is 20.8 Å². The molecule has 3 aromatic rings. The first-order valence-corrected chi connectivity index (χ1v) is 9.59. The van der Waals surface area contributed by atoms with Crippen LogP contribution in [0.25, 0.3) is 0 Å². The second-order valence-corrected chi connectivity index (χ2v) is 7.65. The molecule has 1 aliphatic rings. The SMILES string of the molecule is Cc1ccccc1CN1C(=O)C(O)(CC(=O)c2c(C)coc2C)c2ccccc21. The zero-order valence-corrected chi connectivity index (χ0v) is 16.7. The van der Waals surface area contributed by atoms with Gasteiger partial charge in [-0.2, -0.15) is 0 Å². The standard InChI is InChI=1S/C24H23NO4/c1-15-8-4-5-9-18(15)13-25-20-11-7-6-10-19(20)24(28,23(25)27)12-21(26)22-16(2)14-29-17(22)3/h4-11,14,28H,12-13H2,1-3H3. The number of furan rings is 1. The maximum atomic E-state index is 13.4. The largest absolute Gasteiger partial charge is 0.469 e. The van der Waals surface area contributed by atoms with Crippen molar-refractivity contribution in [1.29, 1.82) is 0 Å². The number of carbonyl (C=O) groups is 2. The summed E-state index contributed by atoms with van der Waals surface area (Å²) in [6, 6.07) is 14.9. The number of aliphatic hydroxyl groups is 1. The molecule has 0 saturated carbocycles. The summed E-state index contributed by atoms with van der Waals surface area (Å²) in [4.78, 5) is 27.9. The Hall–Kier alpha value is -3.18. The van der Waals surface area contributed by atoms with Crippen molar-refractivity contribution in [3.63, 3.8) is 0 Å². The molecule has 1 unspecified atom stereocenters. The van der Waals surface area contributed by atoms with E-state index in [1.165, 1.54) is 6.26 Å². The number of hydrogen-bond donors (Lipinski definition) is 1. The van der Waals surface area contributed by atoms with E-state index < -0.39 is 11.5 Å². The van der Waals surface area contributed by atoms with Crippen LogP contribution in [0.4, 0.5) is 5.69 Å². The molecule has 4 rings (SSSR count). The Bertz CT molecular complexity index is 1090. The molecule has 2 heterocycles. The van der Waals surface area contributed by atoms with Gasteiger partial charge in [-0.25, -0.2) is 0 Å². The maximum Gasteiger partial charge on any atom is 0.264 e. The molecule has 1 aromatic heterocycles. The van der Waals surface area contributed by atoms with E-state index in [1.54, 1.807) is 30.9 Å². The zero-order valence-electron chi connectivity index (χ0n) is 16.7. The van der Waals surface area contributed by atoms with Gasteiger partial charge in [-0.3, -0.25) is 9.59 Å². The third kappa shape index (κ3) is 3.08. The summed E-state index contributed by atoms with van der Waals surface area (Å²) in [6.07, 6.45) is 1.19. The fourth-order valence-electron chi connectivity index (χ4n) is 4.10. The molecule has 1 amide bonds. The Morgan fingerprint density at radius 3 is 2.41 bits per heavy atom. The van der Waals surface area contributed by atoms with Gasteiger partial charge in [0.15, 0.2) is 11.4 Å². The highest BCUT2D eigenvalue weighted by molar-refractivity contribution is 6.11. The van der Waals surface area contributed by atoms with Crippen molar-refractivity contribution >= 4 is 17.4 Å². The summed E-state index contributed by atoms with van der Waals surface area (Å²) in [6.45, 7) is 5.81. The van der Waals surface area contributed by atoms with Gasteiger partial charge in [0.05, 0.1) is 30.5 Å². The number of hydrogen-bond acceptors (Lipinski definition) is 4. The van der Waals surface area contributed by atoms with E-state index in [0.717, 1.165) is 11.1 Å². The topological polar surface area (TPSA) is 70.8 Å². The molecule has 0 radical (unpaired) electrons. The maximum absolute atomic E-state index is 13.4. The number of ketones is 1. The lowest BCUT2D eigenvalue weighted by molar-refractivity contribution is -0.136. The second-order valence-electron chi connectivity index (χ2n) is 7.65. The summed E-state index contributed by atoms with van der Waals surface area (Å²) in [5.41, 5.74) is 2.39. The zero-order chi connectivity index (χ0) is 20.8. The van der Waals surface area contributed by atoms with Gasteiger partial charge in [0.1, 0.15) is 5.76 Å². The molecule has 2 aromatic carbocycles. The molecular weight excluding hydrogens is 366 g/mol. The molecule has 1 aliphatic heterocycles. The minimum absolute atomic E-state index is 0.308. The van der Waals surface area contributed by atoms with Gasteiger partial charge in [0.2, 0.25) is 0 Å². The molecule has 29 heavy (non-hydrogen) atoms. The number of fused-ring (bicyclic) bond motifs is 1. The normalized spacial score (nSPS) is 18.2. The van der Waals surface area contributed by atoms with Gasteiger partial charge >= 0.3 is 0 Å². The van der Waals surface area contributed by atoms with E-state index in [2.05, 4.69) is 0 Å². The monoisotopic (exact) mass is 389 g/mol. The van der Waals surface area contributed by atoms with E-state index in [-0.39, 0.29) is 12.2 Å². The van der Waals surface area contributed by atoms with Crippen LogP contribution in [0.3, 0.4) is 0 Å². The van der Waals surface area contributed by atoms with E-state index in [4.69, 9.17) is 4.42 Å². The highest BCUT2D eigenvalue weighted by atomic mass is 16.3. The number of para-hydroxylation sites is 1. The van der Waals surface area contributed by atoms with E-state index in [9.17, 15) is 14.7 Å². The average Bonchev–Trinajstić information content (AvgIpc) is 3.13. The Balaban J connectivity index is 1.72. The van der Waals surface area contributed by atoms with Crippen molar-refractivity contribution in [3.8, 4) is 0 Å². The molecule has 148 valence electrons. The van der Waals surface area contributed by atoms with Gasteiger partial charge in [-0.15, -0.1) is 0 Å². The molecule has 1 atom stereocenters. The summed E-state index contributed by atoms with van der Waals surface area (Å²) in [5, 5.41) is 11.4. The number of nitrogens with zero attached hydrogens (tertiary/aromatic N) is 1. The second kappa shape index (κ2) is 7.01. The van der Waals surface area contributed by atoms with Crippen molar-refractivity contribution in [1.82, 2.24) is 0 Å². The first-order chi connectivity index (χ1) is 13.8. The number of Topliss-reactive ketones (excluding diaryl/α,β-unsaturated/α-hetero) is 1. The number of benzene rings is 2. The molecule has 0 saturated heterocycles. The molecule has 0 fully saturated rings. The minimum atomic E-state index is -1.90. The average molecular weight is 389 g/mol. The highest BCUT2D eigenvalue weighted by Gasteiger charge is 2.51. The molecule has 5 nitrogen and oxygen atoms in total. The number of rotatable bonds is 5. The molecule has 1 N–H and O–H groups in total. The Morgan fingerprint density at radius 1 is 1.03 bits per heavy atom. The first kappa shape index (κ1) is 19.2. The summed E-state index contributed by atoms with van der Waals surface area (Å²) >= 11 is 0. The van der Waals surface area contributed by atoms with Crippen molar-refractivity contribution in [2.24, 2.45) is 0 Å². The summed E-state index contributed by atoms with van der Waals surface area (Å²) in [5.74, 6) is -0.294. The number of amides is 1. The predicted molar refractivity (Wildman–Crippen MR) is 110 cm³/mol. The minimum Gasteiger partial charge on any atom is -0.469 e. The highest BCUT2D eigenvalue weighted by Crippen LogP contribution is 2.44. The van der Waals surface area contributed by atoms with Crippen LogP contribution in [0.15, 0.2) is 59.2 Å². The van der Waals surface area contributed by atoms with Gasteiger partial charge in [0.25, 0.3) is 5.91 Å². The third-order valence-corrected chi connectivity index (χ3v) is 5.68. The lowest BCUT2D eigenvalue weighted by Crippen LogP contribution is -2.41. The smallest absolute Gasteiger partial charge is 0.264 e. The Kier molecular flexibility index (Phi) is 4.63. The Morgan fingerprint density at radius 2 is 1.72 bits per heavy atom. The summed E-state index contributed by atoms with van der Waals surface area (Å²) < 4.78 is 5.33. The fraction of sp³-hybridized carbons (Fsp3) is 0.250. The predicted octanol–water partition coefficient (Wildman–Crippen LogP) is 4.21. The number of carbonyl (C=O) groups excluding carboxylic acids is 2. The van der Waals surface area contributed by atoms with Gasteiger partial charge < -0.3 is 14.4 Å². The van der Waals surface area contributed by atoms with E-state index >= 15 is 0 Å². The van der Waals surface area contributed by atoms with Crippen LogP contribution in [-0.4, -0.2) is 16.8 Å². The lowest BCUT2D eigenvalue weighted by Gasteiger charge is -2.23. The molecule has 0 aliphatic carbocycles. The van der Waals surface area contributed by atoms with Crippen molar-refractivity contribution in [3.05, 3.63) is 88.4 Å². The Labute approximate surface area is 169 Å². The molecule has 0 spiro atoms. The first-order valence-electron chi connectivity index (χ1n) is 9.59. The van der Waals surface area contributed by atoms with Gasteiger partial charge in [-0.05, 0) is 43.5 Å². The summed E-state index contributed by atoms with van der Waals surface area (Å²) in [7, 11) is 0. The van der Waals surface area contributed by atoms with Crippen LogP contribution in [0.5, 0.6) is 0 Å². The lowest BCUT2D eigenvalue weighted by atomic mass is 9.87. The molecular formula is C24H23NO4. The number of anilines is 1. The van der Waals surface area contributed by atoms with Crippen molar-refractivity contribution in [2.45, 2.75) is 39.3 Å². The van der Waals surface area contributed by atoms with Gasteiger partial charge in [-0.1, -0.05) is 42.5 Å². The van der Waals surface area contributed by atoms with Crippen LogP contribution in [0.2, 0.25) is 0 Å². The van der Waals surface area contributed by atoms with Crippen LogP contribution in [0.1, 0.15) is 44.8 Å². The van der Waals surface area contributed by atoms with Crippen molar-refractivity contribution < 1.29 is 19.1 Å². The molecule has 5 heteroatoms. The molecule has 0 bridgehead atoms. The fourth-order valence-corrected chi connectivity index (χ4v) is 4.10. The third-order valence-electron chi connectivity index (χ3n) is 5.68. The van der Waals surface area contributed by atoms with Crippen molar-refractivity contribution in [2.75, 3.05) is 4.90 Å². The van der Waals surface area contributed by atoms with Crippen LogP contribution >= 0.6 is 0 Å². The van der Waals surface area contributed by atoms with Gasteiger partial charge in [0, 0.05) is 5.56 Å². The van der Waals surface area contributed by atoms with Crippen LogP contribution in [-0.2, 0) is 16.9 Å². The quantitative estimate of drug-likeness (QED) is 0.664. The van der Waals surface area contributed by atoms with Crippen LogP contribution < -0.4 is 4.90 Å². The number of aryl methyl sites for hydroxylation is 3. The van der Waals surface area contributed by atoms with E-state index in [0.29, 0.717) is 34.7 Å². The van der Waals surface area contributed by atoms with E-state index in [1.807, 2.05) is 43.3 Å².